The van der Waals surface area contributed by atoms with Crippen LogP contribution in [0.1, 0.15) is 37.5 Å². The fourth-order valence-corrected chi connectivity index (χ4v) is 2.55. The summed E-state index contributed by atoms with van der Waals surface area (Å²) >= 11 is 0. The summed E-state index contributed by atoms with van der Waals surface area (Å²) in [6.45, 7) is 5.98. The molecule has 136 valence electrons. The summed E-state index contributed by atoms with van der Waals surface area (Å²) in [6.07, 6.45) is 1.46. The lowest BCUT2D eigenvalue weighted by molar-refractivity contribution is 0.102. The van der Waals surface area contributed by atoms with Crippen LogP contribution in [0, 0.1) is 20.8 Å². The molecule has 0 unspecified atom stereocenters. The Morgan fingerprint density at radius 1 is 0.741 bits per heavy atom. The van der Waals surface area contributed by atoms with E-state index in [4.69, 9.17) is 0 Å². The molecule has 1 aromatic heterocycles. The SMILES string of the molecule is Cc1ccc(NC(=O)c2cc(C(=O)Nc3ccc(C)c(C)c3)ccn2)cc1. The summed E-state index contributed by atoms with van der Waals surface area (Å²) in [7, 11) is 0. The highest BCUT2D eigenvalue weighted by atomic mass is 16.2. The fraction of sp³-hybridized carbons (Fsp3) is 0.136. The van der Waals surface area contributed by atoms with Gasteiger partial charge in [0, 0.05) is 23.1 Å². The molecule has 0 aliphatic heterocycles. The highest BCUT2D eigenvalue weighted by molar-refractivity contribution is 6.07. The van der Waals surface area contributed by atoms with Gasteiger partial charge in [0.1, 0.15) is 5.69 Å². The molecular formula is C22H21N3O2. The summed E-state index contributed by atoms with van der Waals surface area (Å²) in [5.41, 5.74) is 5.31. The highest BCUT2D eigenvalue weighted by Gasteiger charge is 2.12. The number of nitrogens with one attached hydrogen (secondary N) is 2. The average Bonchev–Trinajstić information content (AvgIpc) is 2.66. The van der Waals surface area contributed by atoms with Crippen LogP contribution in [0.2, 0.25) is 0 Å². The van der Waals surface area contributed by atoms with E-state index >= 15 is 0 Å². The van der Waals surface area contributed by atoms with E-state index in [1.54, 1.807) is 6.07 Å². The molecule has 0 atom stereocenters. The quantitative estimate of drug-likeness (QED) is 0.720. The lowest BCUT2D eigenvalue weighted by atomic mass is 10.1. The first kappa shape index (κ1) is 18.3. The molecule has 0 aliphatic carbocycles. The number of pyridine rings is 1. The topological polar surface area (TPSA) is 71.1 Å². The zero-order chi connectivity index (χ0) is 19.4. The monoisotopic (exact) mass is 359 g/mol. The summed E-state index contributed by atoms with van der Waals surface area (Å²) in [5.74, 6) is -0.648. The number of aromatic nitrogens is 1. The number of hydrogen-bond donors (Lipinski definition) is 2. The maximum atomic E-state index is 12.5. The lowest BCUT2D eigenvalue weighted by Gasteiger charge is -2.09. The van der Waals surface area contributed by atoms with Crippen molar-refractivity contribution in [2.45, 2.75) is 20.8 Å². The molecule has 0 spiro atoms. The normalized spacial score (nSPS) is 10.3. The van der Waals surface area contributed by atoms with Gasteiger partial charge in [0.05, 0.1) is 0 Å². The minimum atomic E-state index is -0.361. The van der Waals surface area contributed by atoms with Crippen molar-refractivity contribution in [3.63, 3.8) is 0 Å². The van der Waals surface area contributed by atoms with Gasteiger partial charge in [-0.05, 0) is 68.3 Å². The lowest BCUT2D eigenvalue weighted by Crippen LogP contribution is -2.17. The van der Waals surface area contributed by atoms with Crippen LogP contribution in [0.4, 0.5) is 11.4 Å². The molecule has 27 heavy (non-hydrogen) atoms. The van der Waals surface area contributed by atoms with Gasteiger partial charge in [-0.1, -0.05) is 23.8 Å². The molecule has 2 aromatic carbocycles. The number of amides is 2. The van der Waals surface area contributed by atoms with Gasteiger partial charge in [0.25, 0.3) is 11.8 Å². The van der Waals surface area contributed by atoms with Crippen LogP contribution < -0.4 is 10.6 Å². The van der Waals surface area contributed by atoms with E-state index in [1.165, 1.54) is 12.3 Å². The maximum absolute atomic E-state index is 12.5. The van der Waals surface area contributed by atoms with Crippen LogP contribution in [0.3, 0.4) is 0 Å². The van der Waals surface area contributed by atoms with E-state index < -0.39 is 0 Å². The molecule has 2 N–H and O–H groups in total. The minimum absolute atomic E-state index is 0.184. The van der Waals surface area contributed by atoms with Crippen LogP contribution in [0.25, 0.3) is 0 Å². The van der Waals surface area contributed by atoms with Crippen molar-refractivity contribution < 1.29 is 9.59 Å². The van der Waals surface area contributed by atoms with Crippen molar-refractivity contribution in [1.29, 1.82) is 0 Å². The van der Waals surface area contributed by atoms with Crippen LogP contribution >= 0.6 is 0 Å². The largest absolute Gasteiger partial charge is 0.322 e. The molecule has 1 heterocycles. The smallest absolute Gasteiger partial charge is 0.274 e. The van der Waals surface area contributed by atoms with Crippen molar-refractivity contribution in [2.24, 2.45) is 0 Å². The first-order valence-electron chi connectivity index (χ1n) is 8.65. The van der Waals surface area contributed by atoms with Crippen molar-refractivity contribution >= 4 is 23.2 Å². The van der Waals surface area contributed by atoms with Gasteiger partial charge in [-0.2, -0.15) is 0 Å². The second-order valence-corrected chi connectivity index (χ2v) is 6.50. The third-order valence-electron chi connectivity index (χ3n) is 4.33. The van der Waals surface area contributed by atoms with Gasteiger partial charge in [0.2, 0.25) is 0 Å². The molecule has 0 bridgehead atoms. The van der Waals surface area contributed by atoms with Crippen molar-refractivity contribution in [1.82, 2.24) is 4.98 Å². The van der Waals surface area contributed by atoms with E-state index in [2.05, 4.69) is 15.6 Å². The summed E-state index contributed by atoms with van der Waals surface area (Å²) in [6, 6.07) is 16.3. The zero-order valence-corrected chi connectivity index (χ0v) is 15.5. The first-order valence-corrected chi connectivity index (χ1v) is 8.65. The molecule has 0 saturated carbocycles. The van der Waals surface area contributed by atoms with E-state index in [9.17, 15) is 9.59 Å². The van der Waals surface area contributed by atoms with Crippen molar-refractivity contribution in [3.05, 3.63) is 88.7 Å². The minimum Gasteiger partial charge on any atom is -0.322 e. The Hall–Kier alpha value is -3.47. The zero-order valence-electron chi connectivity index (χ0n) is 15.5. The number of benzene rings is 2. The van der Waals surface area contributed by atoms with Gasteiger partial charge in [0.15, 0.2) is 0 Å². The fourth-order valence-electron chi connectivity index (χ4n) is 2.55. The number of carbonyl (C=O) groups is 2. The number of aryl methyl sites for hydroxylation is 3. The molecule has 5 heteroatoms. The Balaban J connectivity index is 1.73. The molecule has 0 fully saturated rings. The highest BCUT2D eigenvalue weighted by Crippen LogP contribution is 2.16. The Kier molecular flexibility index (Phi) is 5.31. The van der Waals surface area contributed by atoms with Crippen LogP contribution in [0.5, 0.6) is 0 Å². The van der Waals surface area contributed by atoms with E-state index in [-0.39, 0.29) is 17.5 Å². The molecule has 0 aliphatic rings. The molecule has 3 aromatic rings. The molecular weight excluding hydrogens is 338 g/mol. The van der Waals surface area contributed by atoms with Gasteiger partial charge in [-0.3, -0.25) is 14.6 Å². The maximum Gasteiger partial charge on any atom is 0.274 e. The number of nitrogens with zero attached hydrogens (tertiary/aromatic N) is 1. The molecule has 3 rings (SSSR count). The Morgan fingerprint density at radius 2 is 1.41 bits per heavy atom. The second kappa shape index (κ2) is 7.83. The number of carbonyl (C=O) groups excluding carboxylic acids is 2. The van der Waals surface area contributed by atoms with Crippen molar-refractivity contribution in [2.75, 3.05) is 10.6 Å². The van der Waals surface area contributed by atoms with Crippen molar-refractivity contribution in [3.8, 4) is 0 Å². The molecule has 5 nitrogen and oxygen atoms in total. The summed E-state index contributed by atoms with van der Waals surface area (Å²) < 4.78 is 0. The predicted octanol–water partition coefficient (Wildman–Crippen LogP) is 4.51. The van der Waals surface area contributed by atoms with Crippen LogP contribution in [-0.2, 0) is 0 Å². The van der Waals surface area contributed by atoms with Gasteiger partial charge >= 0.3 is 0 Å². The third-order valence-corrected chi connectivity index (χ3v) is 4.33. The second-order valence-electron chi connectivity index (χ2n) is 6.50. The molecule has 0 saturated heterocycles. The van der Waals surface area contributed by atoms with E-state index in [0.717, 1.165) is 16.7 Å². The van der Waals surface area contributed by atoms with Crippen LogP contribution in [0.15, 0.2) is 60.8 Å². The predicted molar refractivity (Wildman–Crippen MR) is 107 cm³/mol. The molecule has 2 amide bonds. The molecule has 0 radical (unpaired) electrons. The van der Waals surface area contributed by atoms with E-state index in [1.807, 2.05) is 63.2 Å². The Bertz CT molecular complexity index is 995. The summed E-state index contributed by atoms with van der Waals surface area (Å²) in [4.78, 5) is 29.0. The summed E-state index contributed by atoms with van der Waals surface area (Å²) in [5, 5.41) is 5.63. The van der Waals surface area contributed by atoms with Gasteiger partial charge in [-0.25, -0.2) is 0 Å². The first-order chi connectivity index (χ1) is 12.9. The third kappa shape index (κ3) is 4.58. The Labute approximate surface area is 158 Å². The van der Waals surface area contributed by atoms with Gasteiger partial charge < -0.3 is 10.6 Å². The number of rotatable bonds is 4. The standard InChI is InChI=1S/C22H21N3O2/c1-14-4-7-18(8-5-14)24-22(27)20-13-17(10-11-23-20)21(26)25-19-9-6-15(2)16(3)12-19/h4-13H,1-3H3,(H,24,27)(H,25,26). The average molecular weight is 359 g/mol. The number of hydrogen-bond acceptors (Lipinski definition) is 3. The number of anilines is 2. The van der Waals surface area contributed by atoms with E-state index in [0.29, 0.717) is 16.9 Å². The van der Waals surface area contributed by atoms with Gasteiger partial charge in [-0.15, -0.1) is 0 Å². The van der Waals surface area contributed by atoms with Crippen LogP contribution in [-0.4, -0.2) is 16.8 Å². The Morgan fingerprint density at radius 3 is 2.11 bits per heavy atom.